The second-order valence-corrected chi connectivity index (χ2v) is 12.1. The second kappa shape index (κ2) is 8.92. The average Bonchev–Trinajstić information content (AvgIpc) is 3.11. The number of esters is 2. The highest BCUT2D eigenvalue weighted by atomic mass is 16.5. The number of hydrogen-bond donors (Lipinski definition) is 1. The number of carbonyl (C=O) groups is 2. The Morgan fingerprint density at radius 3 is 2.50 bits per heavy atom. The third-order valence-corrected chi connectivity index (χ3v) is 10.8. The highest BCUT2D eigenvalue weighted by Crippen LogP contribution is 2.68. The molecular formula is C27H44O5. The number of ether oxygens (including phenoxy) is 2. The van der Waals surface area contributed by atoms with Gasteiger partial charge in [0, 0.05) is 13.3 Å². The van der Waals surface area contributed by atoms with Crippen LogP contribution in [0.15, 0.2) is 0 Å². The molecule has 4 rings (SSSR count). The SMILES string of the molecule is COC(=O)CC[C@@H](C)C1CCC2C3CCC4C[C@H](OC(C)=O)CCC4(C)C3CC(O)C21C. The molecule has 4 saturated carbocycles. The van der Waals surface area contributed by atoms with Crippen molar-refractivity contribution in [3.05, 3.63) is 0 Å². The molecule has 0 saturated heterocycles. The molecule has 182 valence electrons. The average molecular weight is 449 g/mol. The third kappa shape index (κ3) is 3.91. The van der Waals surface area contributed by atoms with Crippen molar-refractivity contribution in [2.75, 3.05) is 7.11 Å². The monoisotopic (exact) mass is 448 g/mol. The summed E-state index contributed by atoms with van der Waals surface area (Å²) in [6, 6.07) is 0. The smallest absolute Gasteiger partial charge is 0.305 e. The molecule has 0 aromatic rings. The Kier molecular flexibility index (Phi) is 6.70. The number of rotatable bonds is 5. The number of aliphatic hydroxyl groups excluding tert-OH is 1. The van der Waals surface area contributed by atoms with Crippen molar-refractivity contribution in [1.29, 1.82) is 0 Å². The molecule has 0 amide bonds. The van der Waals surface area contributed by atoms with E-state index in [2.05, 4.69) is 20.8 Å². The van der Waals surface area contributed by atoms with E-state index >= 15 is 0 Å². The Balaban J connectivity index is 1.50. The van der Waals surface area contributed by atoms with Crippen molar-refractivity contribution in [2.45, 2.75) is 104 Å². The summed E-state index contributed by atoms with van der Waals surface area (Å²) in [4.78, 5) is 23.2. The van der Waals surface area contributed by atoms with Gasteiger partial charge in [-0.2, -0.15) is 0 Å². The van der Waals surface area contributed by atoms with E-state index in [0.29, 0.717) is 41.9 Å². The van der Waals surface area contributed by atoms with Crippen molar-refractivity contribution in [3.63, 3.8) is 0 Å². The number of fused-ring (bicyclic) bond motifs is 5. The molecule has 4 fully saturated rings. The van der Waals surface area contributed by atoms with Crippen molar-refractivity contribution < 1.29 is 24.2 Å². The summed E-state index contributed by atoms with van der Waals surface area (Å²) < 4.78 is 10.5. The summed E-state index contributed by atoms with van der Waals surface area (Å²) in [5.74, 6) is 3.02. The Labute approximate surface area is 194 Å². The molecule has 5 nitrogen and oxygen atoms in total. The summed E-state index contributed by atoms with van der Waals surface area (Å²) in [5, 5.41) is 11.6. The maximum absolute atomic E-state index is 11.7. The molecule has 0 bridgehead atoms. The zero-order valence-electron chi connectivity index (χ0n) is 20.8. The molecule has 0 radical (unpaired) electrons. The summed E-state index contributed by atoms with van der Waals surface area (Å²) in [7, 11) is 1.46. The van der Waals surface area contributed by atoms with Crippen molar-refractivity contribution >= 4 is 11.9 Å². The minimum Gasteiger partial charge on any atom is -0.469 e. The fourth-order valence-electron chi connectivity index (χ4n) is 9.13. The molecule has 0 spiro atoms. The zero-order chi connectivity index (χ0) is 23.3. The van der Waals surface area contributed by atoms with Crippen LogP contribution >= 0.6 is 0 Å². The van der Waals surface area contributed by atoms with Gasteiger partial charge in [-0.25, -0.2) is 0 Å². The van der Waals surface area contributed by atoms with Crippen LogP contribution in [0, 0.1) is 46.3 Å². The van der Waals surface area contributed by atoms with Crippen LogP contribution in [0.5, 0.6) is 0 Å². The maximum atomic E-state index is 11.7. The van der Waals surface area contributed by atoms with E-state index in [9.17, 15) is 14.7 Å². The molecule has 0 heterocycles. The van der Waals surface area contributed by atoms with Gasteiger partial charge >= 0.3 is 11.9 Å². The summed E-state index contributed by atoms with van der Waals surface area (Å²) >= 11 is 0. The molecule has 5 heteroatoms. The van der Waals surface area contributed by atoms with Crippen LogP contribution in [-0.2, 0) is 19.1 Å². The first-order chi connectivity index (χ1) is 15.1. The number of hydrogen-bond acceptors (Lipinski definition) is 5. The first-order valence-corrected chi connectivity index (χ1v) is 13.0. The molecular weight excluding hydrogens is 404 g/mol. The lowest BCUT2D eigenvalue weighted by molar-refractivity contribution is -0.181. The quantitative estimate of drug-likeness (QED) is 0.590. The molecule has 0 aromatic carbocycles. The van der Waals surface area contributed by atoms with E-state index in [1.165, 1.54) is 39.7 Å². The van der Waals surface area contributed by atoms with Gasteiger partial charge in [-0.3, -0.25) is 9.59 Å². The molecule has 4 aliphatic carbocycles. The molecule has 0 aromatic heterocycles. The van der Waals surface area contributed by atoms with Gasteiger partial charge in [0.1, 0.15) is 6.10 Å². The normalized spacial score (nSPS) is 46.4. The van der Waals surface area contributed by atoms with E-state index in [1.54, 1.807) is 0 Å². The van der Waals surface area contributed by atoms with E-state index in [4.69, 9.17) is 9.47 Å². The summed E-state index contributed by atoms with van der Waals surface area (Å²) in [6.07, 6.45) is 9.92. The van der Waals surface area contributed by atoms with Gasteiger partial charge in [0.15, 0.2) is 0 Å². The van der Waals surface area contributed by atoms with Gasteiger partial charge in [0.05, 0.1) is 13.2 Å². The van der Waals surface area contributed by atoms with E-state index < -0.39 is 0 Å². The first-order valence-electron chi connectivity index (χ1n) is 13.0. The zero-order valence-corrected chi connectivity index (χ0v) is 20.8. The van der Waals surface area contributed by atoms with Crippen LogP contribution in [-0.4, -0.2) is 36.4 Å². The molecule has 10 atom stereocenters. The van der Waals surface area contributed by atoms with E-state index in [1.807, 2.05) is 0 Å². The lowest BCUT2D eigenvalue weighted by Crippen LogP contribution is -2.59. The minimum absolute atomic E-state index is 0.0468. The predicted molar refractivity (Wildman–Crippen MR) is 123 cm³/mol. The van der Waals surface area contributed by atoms with Gasteiger partial charge in [0.25, 0.3) is 0 Å². The predicted octanol–water partition coefficient (Wildman–Crippen LogP) is 5.14. The van der Waals surface area contributed by atoms with Crippen LogP contribution in [0.2, 0.25) is 0 Å². The van der Waals surface area contributed by atoms with Gasteiger partial charge in [-0.15, -0.1) is 0 Å². The Hall–Kier alpha value is -1.10. The summed E-state index contributed by atoms with van der Waals surface area (Å²) in [5.41, 5.74) is 0.200. The standard InChI is InChI=1S/C27H44O5/c1-16(6-11-25(30)31-5)21-9-10-22-20-8-7-18-14-19(32-17(2)28)12-13-26(18,3)23(20)15-24(29)27(21,22)4/h16,18-24,29H,6-15H2,1-5H3/t16-,18?,19-,20?,21?,22?,23?,24?,26?,27?/m1/s1. The van der Waals surface area contributed by atoms with E-state index in [-0.39, 0.29) is 35.0 Å². The fraction of sp³-hybridized carbons (Fsp3) is 0.926. The minimum atomic E-state index is -0.274. The van der Waals surface area contributed by atoms with Crippen LogP contribution in [0.25, 0.3) is 0 Å². The summed E-state index contributed by atoms with van der Waals surface area (Å²) in [6.45, 7) is 8.62. The lowest BCUT2D eigenvalue weighted by Gasteiger charge is -2.62. The Morgan fingerprint density at radius 1 is 1.06 bits per heavy atom. The molecule has 0 aliphatic heterocycles. The molecule has 8 unspecified atom stereocenters. The van der Waals surface area contributed by atoms with Crippen LogP contribution in [0.3, 0.4) is 0 Å². The van der Waals surface area contributed by atoms with Crippen LogP contribution in [0.1, 0.15) is 91.9 Å². The van der Waals surface area contributed by atoms with E-state index in [0.717, 1.165) is 32.1 Å². The molecule has 32 heavy (non-hydrogen) atoms. The highest BCUT2D eigenvalue weighted by molar-refractivity contribution is 5.69. The molecule has 1 N–H and O–H groups in total. The first kappa shape index (κ1) is 24.0. The maximum Gasteiger partial charge on any atom is 0.305 e. The topological polar surface area (TPSA) is 72.8 Å². The second-order valence-electron chi connectivity index (χ2n) is 12.1. The van der Waals surface area contributed by atoms with Gasteiger partial charge < -0.3 is 14.6 Å². The molecule has 4 aliphatic rings. The van der Waals surface area contributed by atoms with Crippen LogP contribution < -0.4 is 0 Å². The number of carbonyl (C=O) groups excluding carboxylic acids is 2. The highest BCUT2D eigenvalue weighted by Gasteiger charge is 2.63. The third-order valence-electron chi connectivity index (χ3n) is 10.8. The Morgan fingerprint density at radius 2 is 1.81 bits per heavy atom. The number of methoxy groups -OCH3 is 1. The van der Waals surface area contributed by atoms with Crippen LogP contribution in [0.4, 0.5) is 0 Å². The lowest BCUT2D eigenvalue weighted by atomic mass is 9.43. The Bertz CT molecular complexity index is 721. The van der Waals surface area contributed by atoms with Gasteiger partial charge in [-0.1, -0.05) is 20.8 Å². The van der Waals surface area contributed by atoms with Crippen molar-refractivity contribution in [1.82, 2.24) is 0 Å². The van der Waals surface area contributed by atoms with Gasteiger partial charge in [0.2, 0.25) is 0 Å². The van der Waals surface area contributed by atoms with Crippen molar-refractivity contribution in [3.8, 4) is 0 Å². The number of aliphatic hydroxyl groups is 1. The largest absolute Gasteiger partial charge is 0.469 e. The fourth-order valence-corrected chi connectivity index (χ4v) is 9.13. The van der Waals surface area contributed by atoms with Crippen molar-refractivity contribution in [2.24, 2.45) is 46.3 Å². The van der Waals surface area contributed by atoms with Gasteiger partial charge in [-0.05, 0) is 104 Å².